The molecule has 1 saturated carbocycles. The maximum absolute atomic E-state index is 12.2. The second-order valence-electron chi connectivity index (χ2n) is 31.1. The van der Waals surface area contributed by atoms with E-state index in [1.54, 1.807) is 123 Å². The molecule has 8 aromatic carbocycles. The molecule has 2 aliphatic rings. The van der Waals surface area contributed by atoms with Gasteiger partial charge in [0.05, 0.1) is 64.6 Å². The molecule has 0 spiro atoms. The fourth-order valence-corrected chi connectivity index (χ4v) is 12.4. The maximum Gasteiger partial charge on any atom is 0.394 e. The summed E-state index contributed by atoms with van der Waals surface area (Å²) >= 11 is 0. The number of benzene rings is 8. The molecule has 0 saturated heterocycles. The van der Waals surface area contributed by atoms with Crippen molar-refractivity contribution in [2.24, 2.45) is 15.0 Å². The number of fused-ring (bicyclic) bond motifs is 1. The summed E-state index contributed by atoms with van der Waals surface area (Å²) in [5.41, 5.74) is 15.6. The summed E-state index contributed by atoms with van der Waals surface area (Å²) in [6.45, 7) is 40.9. The van der Waals surface area contributed by atoms with Gasteiger partial charge in [-0.1, -0.05) is 267 Å². The zero-order valence-corrected chi connectivity index (χ0v) is 71.4. The molecule has 10 rings (SSSR count). The standard InChI is InChI=1S/C28H41N3.C16H23N3.2C16H14O3.C10H21N3.C10H7NO4/c1-17(2)22-13-11-14-23(18(3)4)26(22)30-28(29-21(9)10)31-27-24(19(5)6)15-12-16-25(27)20(7)8;1-13(2)17-16(18-14-9-5-3-6-10-14)19-15-11-7-4-8-12-15;2*1-11(16(18)19)13-8-5-9-14(10-13)15(17)12-6-3-2-4-7-12;1-7(2)11-10(12-8(3)4)13-9(5)6;12-8(13)5-11-9(14)6-3-1-2-4-7(6)10(11)15/h11-20H,1-10H3,(H,30,31);3,5-6,9-10,15H,4,7-8,11-12H2,1-2H3,(H,18,19);2*2-11H,1H3,(H,18,19);7-8H,1-6H3,(H,11,12);1-4H,5H2,(H,12,13). The predicted octanol–water partition coefficient (Wildman–Crippen LogP) is 12.1. The van der Waals surface area contributed by atoms with Crippen molar-refractivity contribution in [3.63, 3.8) is 0 Å². The van der Waals surface area contributed by atoms with Crippen LogP contribution in [0.25, 0.3) is 0 Å². The molecule has 614 valence electrons. The Labute approximate surface area is 687 Å². The first-order chi connectivity index (χ1) is 55.0. The molecule has 20 nitrogen and oxygen atoms in total. The van der Waals surface area contributed by atoms with E-state index in [1.165, 1.54) is 77.9 Å². The summed E-state index contributed by atoms with van der Waals surface area (Å²) in [4.78, 5) is 105. The maximum atomic E-state index is 12.2. The lowest BCUT2D eigenvalue weighted by molar-refractivity contribution is -0.508. The highest BCUT2D eigenvalue weighted by atomic mass is 16.4. The molecule has 20 heteroatoms. The first-order valence-corrected chi connectivity index (χ1v) is 40.0. The van der Waals surface area contributed by atoms with E-state index in [1.807, 2.05) is 71.9 Å². The van der Waals surface area contributed by atoms with E-state index in [0.29, 0.717) is 80.1 Å². The molecule has 1 aliphatic heterocycles. The average Bonchev–Trinajstić information content (AvgIpc) is 1.65. The third kappa shape index (κ3) is 31.1. The fourth-order valence-electron chi connectivity index (χ4n) is 12.4. The fraction of sp³-hybridized carbons (Fsp3) is 0.365. The first-order valence-electron chi connectivity index (χ1n) is 40.0. The van der Waals surface area contributed by atoms with E-state index in [0.717, 1.165) is 40.7 Å². The average molecular weight is 1570 g/mol. The molecule has 1 heterocycles. The Morgan fingerprint density at radius 1 is 0.431 bits per heavy atom. The van der Waals surface area contributed by atoms with E-state index >= 15 is 0 Å². The normalized spacial score (nSPS) is 13.2. The number of aliphatic carboxylic acids is 3. The molecule has 2 atom stereocenters. The van der Waals surface area contributed by atoms with Crippen molar-refractivity contribution in [2.45, 2.75) is 224 Å². The van der Waals surface area contributed by atoms with Gasteiger partial charge in [0.1, 0.15) is 11.4 Å². The lowest BCUT2D eigenvalue weighted by atomic mass is 9.92. The number of amides is 2. The number of para-hydroxylation sites is 3. The highest BCUT2D eigenvalue weighted by Crippen LogP contribution is 2.34. The molecular formula is C96H120N10O10. The Morgan fingerprint density at radius 3 is 1.18 bits per heavy atom. The number of ketones is 2. The quantitative estimate of drug-likeness (QED) is 0.0179. The molecule has 0 bridgehead atoms. The van der Waals surface area contributed by atoms with Gasteiger partial charge in [-0.25, -0.2) is 15.6 Å². The number of carboxylic acids is 3. The number of aliphatic imine (C=N–C) groups is 3. The van der Waals surface area contributed by atoms with Crippen molar-refractivity contribution in [3.05, 3.63) is 267 Å². The van der Waals surface area contributed by atoms with Crippen LogP contribution >= 0.6 is 0 Å². The van der Waals surface area contributed by atoms with Crippen molar-refractivity contribution in [2.75, 3.05) is 17.2 Å². The molecule has 2 unspecified atom stereocenters. The van der Waals surface area contributed by atoms with Crippen LogP contribution in [-0.4, -0.2) is 106 Å². The van der Waals surface area contributed by atoms with Gasteiger partial charge in [0.2, 0.25) is 0 Å². The minimum absolute atomic E-state index is 0.118. The van der Waals surface area contributed by atoms with Crippen LogP contribution in [0.2, 0.25) is 0 Å². The molecular weight excluding hydrogens is 1450 g/mol. The van der Waals surface area contributed by atoms with Gasteiger partial charge in [0, 0.05) is 46.0 Å². The van der Waals surface area contributed by atoms with Crippen LogP contribution in [0.4, 0.5) is 17.1 Å². The van der Waals surface area contributed by atoms with Crippen LogP contribution in [0.5, 0.6) is 0 Å². The highest BCUT2D eigenvalue weighted by molar-refractivity contribution is 6.22. The molecule has 6 N–H and O–H groups in total. The molecule has 2 amide bonds. The number of carbonyl (C=O) groups is 7. The molecule has 0 radical (unpaired) electrons. The second kappa shape index (κ2) is 47.7. The first kappa shape index (κ1) is 94.7. The van der Waals surface area contributed by atoms with Crippen molar-refractivity contribution in [1.82, 2.24) is 10.2 Å². The minimum Gasteiger partial charge on any atom is -0.550 e. The lowest BCUT2D eigenvalue weighted by Gasteiger charge is -2.18. The second-order valence-corrected chi connectivity index (χ2v) is 31.1. The van der Waals surface area contributed by atoms with Gasteiger partial charge >= 0.3 is 17.9 Å². The van der Waals surface area contributed by atoms with Crippen molar-refractivity contribution in [1.29, 1.82) is 0 Å². The number of guanidine groups is 3. The summed E-state index contributed by atoms with van der Waals surface area (Å²) < 4.78 is 0. The summed E-state index contributed by atoms with van der Waals surface area (Å²) in [7, 11) is 0. The third-order valence-corrected chi connectivity index (χ3v) is 18.3. The van der Waals surface area contributed by atoms with Crippen LogP contribution in [0.15, 0.2) is 215 Å². The topological polar surface area (TPSA) is 307 Å². The zero-order chi connectivity index (χ0) is 85.9. The van der Waals surface area contributed by atoms with Gasteiger partial charge in [-0.05, 0) is 176 Å². The number of imide groups is 1. The third-order valence-electron chi connectivity index (χ3n) is 18.3. The Kier molecular flexibility index (Phi) is 38.9. The molecule has 1 aliphatic carbocycles. The van der Waals surface area contributed by atoms with E-state index in [2.05, 4.69) is 173 Å². The Hall–Kier alpha value is -11.9. The SMILES string of the molecule is CC(C(=O)[O-])c1cccc(C(=O)c2ccccc2)c1.CC(C(=O)[O-])c1cccc(C(=O)c2ccccc2)c1.CC(C)=NC(NC(C)C)=[NH+]C(C)C.CC(C)=NC(Nc1c(C(C)C)cccc1C(C)C)=[NH+]c1c(C(C)C)cccc1C(C)C.CC(C)=NC(Nc1ccccc1)=[NH+]C1CCCCC1.O=C([O-])CN1C(=O)c2ccccc2C1=O. The summed E-state index contributed by atoms with van der Waals surface area (Å²) in [5, 5.41) is 42.4. The van der Waals surface area contributed by atoms with Crippen LogP contribution in [-0.2, 0) is 14.4 Å². The minimum atomic E-state index is -1.45. The van der Waals surface area contributed by atoms with Crippen LogP contribution in [0.1, 0.15) is 292 Å². The van der Waals surface area contributed by atoms with Gasteiger partial charge in [0.15, 0.2) is 11.6 Å². The van der Waals surface area contributed by atoms with Crippen LogP contribution in [0.3, 0.4) is 0 Å². The monoisotopic (exact) mass is 1570 g/mol. The highest BCUT2D eigenvalue weighted by Gasteiger charge is 2.35. The van der Waals surface area contributed by atoms with E-state index in [4.69, 9.17) is 4.99 Å². The van der Waals surface area contributed by atoms with Gasteiger partial charge in [-0.15, -0.1) is 0 Å². The number of hydrogen-bond acceptors (Lipinski definition) is 10. The lowest BCUT2D eigenvalue weighted by Crippen LogP contribution is -2.81. The van der Waals surface area contributed by atoms with E-state index in [9.17, 15) is 48.9 Å². The number of hydrogen-bond donors (Lipinski definition) is 6. The van der Waals surface area contributed by atoms with E-state index < -0.39 is 48.1 Å². The van der Waals surface area contributed by atoms with Gasteiger partial charge in [-0.3, -0.25) is 39.4 Å². The molecule has 116 heavy (non-hydrogen) atoms. The van der Waals surface area contributed by atoms with Crippen molar-refractivity contribution in [3.8, 4) is 0 Å². The Bertz CT molecular complexity index is 4570. The number of nitrogens with one attached hydrogen (secondary N) is 6. The number of carbonyl (C=O) groups excluding carboxylic acids is 7. The van der Waals surface area contributed by atoms with Crippen LogP contribution < -0.4 is 46.2 Å². The zero-order valence-electron chi connectivity index (χ0n) is 71.4. The largest absolute Gasteiger partial charge is 0.550 e. The van der Waals surface area contributed by atoms with Gasteiger partial charge in [0.25, 0.3) is 11.8 Å². The Morgan fingerprint density at radius 2 is 0.802 bits per heavy atom. The van der Waals surface area contributed by atoms with Gasteiger partial charge < -0.3 is 29.7 Å². The summed E-state index contributed by atoms with van der Waals surface area (Å²) in [6.07, 6.45) is 6.52. The van der Waals surface area contributed by atoms with Gasteiger partial charge in [-0.2, -0.15) is 0 Å². The number of anilines is 2. The Balaban J connectivity index is 0.000000254. The van der Waals surface area contributed by atoms with E-state index in [-0.39, 0.29) is 22.7 Å². The smallest absolute Gasteiger partial charge is 0.394 e. The molecule has 0 aromatic heterocycles. The number of rotatable bonds is 20. The summed E-state index contributed by atoms with van der Waals surface area (Å²) in [5.74, 6) is -2.42. The number of carboxylic acid groups (broad SMARTS) is 3. The van der Waals surface area contributed by atoms with Crippen molar-refractivity contribution < 1.29 is 63.9 Å². The molecule has 1 fully saturated rings. The summed E-state index contributed by atoms with van der Waals surface area (Å²) in [6, 6.07) is 62.1. The molecule has 8 aromatic rings. The number of nitrogens with zero attached hydrogens (tertiary/aromatic N) is 4. The predicted molar refractivity (Wildman–Crippen MR) is 463 cm³/mol. The van der Waals surface area contributed by atoms with Crippen molar-refractivity contribution >= 4 is 93.4 Å². The van der Waals surface area contributed by atoms with Crippen LogP contribution in [0, 0.1) is 0 Å².